The van der Waals surface area contributed by atoms with Crippen molar-refractivity contribution >= 4 is 29.9 Å². The number of guanidine groups is 1. The molecule has 1 aromatic rings. The second-order valence-corrected chi connectivity index (χ2v) is 4.04. The van der Waals surface area contributed by atoms with Crippen molar-refractivity contribution < 1.29 is 0 Å². The smallest absolute Gasteiger partial charge is 0.191 e. The van der Waals surface area contributed by atoms with Crippen LogP contribution in [0.3, 0.4) is 0 Å². The molecule has 0 aliphatic heterocycles. The topological polar surface area (TPSA) is 54.2 Å². The summed E-state index contributed by atoms with van der Waals surface area (Å²) in [5, 5.41) is 10.6. The first-order chi connectivity index (χ1) is 7.72. The third-order valence-corrected chi connectivity index (χ3v) is 2.09. The largest absolute Gasteiger partial charge is 0.356 e. The van der Waals surface area contributed by atoms with Gasteiger partial charge in [0.1, 0.15) is 0 Å². The summed E-state index contributed by atoms with van der Waals surface area (Å²) >= 11 is 0. The van der Waals surface area contributed by atoms with Crippen LogP contribution in [0, 0.1) is 5.92 Å². The third-order valence-electron chi connectivity index (χ3n) is 2.09. The molecular formula is C11H22IN5. The molecule has 0 saturated carbocycles. The normalized spacial score (nSPS) is 11.2. The van der Waals surface area contributed by atoms with Crippen molar-refractivity contribution in [2.24, 2.45) is 10.9 Å². The highest BCUT2D eigenvalue weighted by molar-refractivity contribution is 14.0. The maximum absolute atomic E-state index is 4.14. The average molecular weight is 351 g/mol. The molecule has 17 heavy (non-hydrogen) atoms. The van der Waals surface area contributed by atoms with Gasteiger partial charge in [-0.3, -0.25) is 9.67 Å². The van der Waals surface area contributed by atoms with Crippen molar-refractivity contribution in [3.05, 3.63) is 18.5 Å². The SMILES string of the molecule is CN=C(NCCn1cccn1)NCC(C)C.I. The van der Waals surface area contributed by atoms with E-state index >= 15 is 0 Å². The summed E-state index contributed by atoms with van der Waals surface area (Å²) in [6.45, 7) is 6.93. The fourth-order valence-electron chi connectivity index (χ4n) is 1.24. The van der Waals surface area contributed by atoms with E-state index in [1.807, 2.05) is 16.9 Å². The molecule has 0 unspecified atom stereocenters. The Morgan fingerprint density at radius 2 is 2.18 bits per heavy atom. The second kappa shape index (κ2) is 9.26. The van der Waals surface area contributed by atoms with Gasteiger partial charge in [0.05, 0.1) is 6.54 Å². The van der Waals surface area contributed by atoms with Crippen LogP contribution in [-0.4, -0.2) is 35.9 Å². The van der Waals surface area contributed by atoms with Gasteiger partial charge in [-0.2, -0.15) is 5.10 Å². The van der Waals surface area contributed by atoms with Crippen LogP contribution in [0.2, 0.25) is 0 Å². The zero-order valence-electron chi connectivity index (χ0n) is 10.7. The minimum atomic E-state index is 0. The summed E-state index contributed by atoms with van der Waals surface area (Å²) in [5.41, 5.74) is 0. The van der Waals surface area contributed by atoms with Gasteiger partial charge in [-0.25, -0.2) is 0 Å². The van der Waals surface area contributed by atoms with Gasteiger partial charge >= 0.3 is 0 Å². The van der Waals surface area contributed by atoms with E-state index in [2.05, 4.69) is 34.6 Å². The molecule has 0 amide bonds. The lowest BCUT2D eigenvalue weighted by Crippen LogP contribution is -2.40. The lowest BCUT2D eigenvalue weighted by atomic mass is 10.2. The lowest BCUT2D eigenvalue weighted by Gasteiger charge is -2.13. The Balaban J connectivity index is 0.00000256. The van der Waals surface area contributed by atoms with E-state index in [0.717, 1.165) is 25.6 Å². The molecule has 2 N–H and O–H groups in total. The number of nitrogens with zero attached hydrogens (tertiary/aromatic N) is 3. The molecule has 0 spiro atoms. The van der Waals surface area contributed by atoms with Crippen LogP contribution >= 0.6 is 24.0 Å². The summed E-state index contributed by atoms with van der Waals surface area (Å²) < 4.78 is 1.89. The molecule has 0 radical (unpaired) electrons. The van der Waals surface area contributed by atoms with Crippen molar-refractivity contribution in [3.8, 4) is 0 Å². The number of nitrogens with one attached hydrogen (secondary N) is 2. The van der Waals surface area contributed by atoms with Crippen molar-refractivity contribution in [1.29, 1.82) is 0 Å². The molecule has 6 heteroatoms. The minimum absolute atomic E-state index is 0. The Morgan fingerprint density at radius 1 is 1.41 bits per heavy atom. The van der Waals surface area contributed by atoms with E-state index in [1.54, 1.807) is 13.2 Å². The second-order valence-electron chi connectivity index (χ2n) is 4.04. The van der Waals surface area contributed by atoms with Gasteiger partial charge in [0.2, 0.25) is 0 Å². The van der Waals surface area contributed by atoms with Crippen LogP contribution < -0.4 is 10.6 Å². The van der Waals surface area contributed by atoms with E-state index in [-0.39, 0.29) is 24.0 Å². The van der Waals surface area contributed by atoms with Crippen LogP contribution in [0.15, 0.2) is 23.5 Å². The zero-order chi connectivity index (χ0) is 11.8. The molecule has 0 fully saturated rings. The van der Waals surface area contributed by atoms with E-state index in [1.165, 1.54) is 0 Å². The molecule has 0 atom stereocenters. The van der Waals surface area contributed by atoms with Crippen LogP contribution in [-0.2, 0) is 6.54 Å². The first-order valence-corrected chi connectivity index (χ1v) is 5.64. The molecule has 1 heterocycles. The van der Waals surface area contributed by atoms with Crippen molar-refractivity contribution in [1.82, 2.24) is 20.4 Å². The molecule has 0 aromatic carbocycles. The summed E-state index contributed by atoms with van der Waals surface area (Å²) in [5.74, 6) is 1.46. The third kappa shape index (κ3) is 7.19. The number of aliphatic imine (C=N–C) groups is 1. The van der Waals surface area contributed by atoms with Crippen molar-refractivity contribution in [3.63, 3.8) is 0 Å². The lowest BCUT2D eigenvalue weighted by molar-refractivity contribution is 0.584. The van der Waals surface area contributed by atoms with Gasteiger partial charge in [0.15, 0.2) is 5.96 Å². The highest BCUT2D eigenvalue weighted by atomic mass is 127. The van der Waals surface area contributed by atoms with E-state index in [9.17, 15) is 0 Å². The highest BCUT2D eigenvalue weighted by Gasteiger charge is 1.98. The predicted molar refractivity (Wildman–Crippen MR) is 81.8 cm³/mol. The Hall–Kier alpha value is -0.790. The Morgan fingerprint density at radius 3 is 2.71 bits per heavy atom. The van der Waals surface area contributed by atoms with E-state index in [0.29, 0.717) is 5.92 Å². The predicted octanol–water partition coefficient (Wildman–Crippen LogP) is 1.32. The molecular weight excluding hydrogens is 329 g/mol. The average Bonchev–Trinajstić information content (AvgIpc) is 2.75. The maximum Gasteiger partial charge on any atom is 0.191 e. The summed E-state index contributed by atoms with van der Waals surface area (Å²) in [4.78, 5) is 4.14. The number of hydrogen-bond donors (Lipinski definition) is 2. The van der Waals surface area contributed by atoms with E-state index in [4.69, 9.17) is 0 Å². The van der Waals surface area contributed by atoms with Crippen LogP contribution in [0.25, 0.3) is 0 Å². The summed E-state index contributed by atoms with van der Waals surface area (Å²) in [6, 6.07) is 1.92. The molecule has 1 aromatic heterocycles. The molecule has 0 aliphatic rings. The van der Waals surface area contributed by atoms with Gasteiger partial charge in [-0.1, -0.05) is 13.8 Å². The summed E-state index contributed by atoms with van der Waals surface area (Å²) in [6.07, 6.45) is 3.73. The molecule has 0 bridgehead atoms. The number of hydrogen-bond acceptors (Lipinski definition) is 2. The Labute approximate surface area is 120 Å². The molecule has 0 aliphatic carbocycles. The van der Waals surface area contributed by atoms with Crippen molar-refractivity contribution in [2.45, 2.75) is 20.4 Å². The first kappa shape index (κ1) is 16.2. The number of rotatable bonds is 5. The number of aromatic nitrogens is 2. The van der Waals surface area contributed by atoms with Crippen LogP contribution in [0.5, 0.6) is 0 Å². The molecule has 1 rings (SSSR count). The first-order valence-electron chi connectivity index (χ1n) is 5.64. The van der Waals surface area contributed by atoms with Crippen molar-refractivity contribution in [2.75, 3.05) is 20.1 Å². The molecule has 5 nitrogen and oxygen atoms in total. The molecule has 98 valence electrons. The van der Waals surface area contributed by atoms with Gasteiger partial charge < -0.3 is 10.6 Å². The molecule has 0 saturated heterocycles. The maximum atomic E-state index is 4.14. The quantitative estimate of drug-likeness (QED) is 0.478. The van der Waals surface area contributed by atoms with Crippen LogP contribution in [0.1, 0.15) is 13.8 Å². The van der Waals surface area contributed by atoms with Gasteiger partial charge in [0.25, 0.3) is 0 Å². The summed E-state index contributed by atoms with van der Waals surface area (Å²) in [7, 11) is 1.78. The van der Waals surface area contributed by atoms with Gasteiger partial charge in [0, 0.05) is 32.5 Å². The monoisotopic (exact) mass is 351 g/mol. The fraction of sp³-hybridized carbons (Fsp3) is 0.636. The van der Waals surface area contributed by atoms with Gasteiger partial charge in [-0.15, -0.1) is 24.0 Å². The fourth-order valence-corrected chi connectivity index (χ4v) is 1.24. The van der Waals surface area contributed by atoms with Gasteiger partial charge in [-0.05, 0) is 12.0 Å². The van der Waals surface area contributed by atoms with Crippen LogP contribution in [0.4, 0.5) is 0 Å². The Bertz CT molecular complexity index is 308. The Kier molecular flexibility index (Phi) is 8.83. The minimum Gasteiger partial charge on any atom is -0.356 e. The number of halogens is 1. The van der Waals surface area contributed by atoms with E-state index < -0.39 is 0 Å². The highest BCUT2D eigenvalue weighted by Crippen LogP contribution is 1.87. The standard InChI is InChI=1S/C11H21N5.HI/c1-10(2)9-14-11(12-3)13-6-8-16-7-4-5-15-16;/h4-5,7,10H,6,8-9H2,1-3H3,(H2,12,13,14);1H. The zero-order valence-corrected chi connectivity index (χ0v) is 13.0.